The minimum Gasteiger partial charge on any atom is -0.349 e. The average molecular weight is 243 g/mol. The van der Waals surface area contributed by atoms with Crippen LogP contribution in [0, 0.1) is 25.7 Å². The van der Waals surface area contributed by atoms with Crippen LogP contribution in [0.2, 0.25) is 0 Å². The Morgan fingerprint density at radius 1 is 1.22 bits per heavy atom. The van der Waals surface area contributed by atoms with Crippen molar-refractivity contribution in [1.82, 2.24) is 5.32 Å². The Morgan fingerprint density at radius 3 is 2.72 bits per heavy atom. The Kier molecular flexibility index (Phi) is 2.89. The van der Waals surface area contributed by atoms with Crippen molar-refractivity contribution in [2.45, 2.75) is 45.6 Å². The van der Waals surface area contributed by atoms with Gasteiger partial charge in [-0.15, -0.1) is 0 Å². The highest BCUT2D eigenvalue weighted by atomic mass is 16.1. The Balaban J connectivity index is 1.73. The van der Waals surface area contributed by atoms with Crippen molar-refractivity contribution in [3.8, 4) is 0 Å². The summed E-state index contributed by atoms with van der Waals surface area (Å²) in [6.07, 6.45) is 5.21. The number of carbonyl (C=O) groups is 1. The Hall–Kier alpha value is -1.31. The first-order valence-electron chi connectivity index (χ1n) is 7.01. The number of hydrogen-bond donors (Lipinski definition) is 1. The zero-order chi connectivity index (χ0) is 12.7. The van der Waals surface area contributed by atoms with E-state index in [-0.39, 0.29) is 5.91 Å². The van der Waals surface area contributed by atoms with E-state index in [9.17, 15) is 4.79 Å². The van der Waals surface area contributed by atoms with Gasteiger partial charge in [-0.25, -0.2) is 0 Å². The summed E-state index contributed by atoms with van der Waals surface area (Å²) in [5, 5.41) is 3.26. The van der Waals surface area contributed by atoms with Gasteiger partial charge < -0.3 is 5.32 Å². The largest absolute Gasteiger partial charge is 0.349 e. The van der Waals surface area contributed by atoms with E-state index in [0.29, 0.717) is 6.04 Å². The molecule has 2 bridgehead atoms. The number of rotatable bonds is 2. The van der Waals surface area contributed by atoms with E-state index < -0.39 is 0 Å². The molecule has 0 saturated heterocycles. The molecule has 0 spiro atoms. The van der Waals surface area contributed by atoms with Crippen LogP contribution in [-0.2, 0) is 0 Å². The maximum absolute atomic E-state index is 12.3. The van der Waals surface area contributed by atoms with Crippen molar-refractivity contribution in [2.75, 3.05) is 0 Å². The molecule has 2 heteroatoms. The average Bonchev–Trinajstić information content (AvgIpc) is 2.94. The van der Waals surface area contributed by atoms with Crippen LogP contribution in [0.4, 0.5) is 0 Å². The zero-order valence-electron chi connectivity index (χ0n) is 11.2. The molecule has 3 atom stereocenters. The smallest absolute Gasteiger partial charge is 0.251 e. The van der Waals surface area contributed by atoms with E-state index in [1.807, 2.05) is 26.0 Å². The van der Waals surface area contributed by atoms with Gasteiger partial charge in [0.15, 0.2) is 0 Å². The number of fused-ring (bicyclic) bond motifs is 2. The summed E-state index contributed by atoms with van der Waals surface area (Å²) in [5.41, 5.74) is 3.07. The van der Waals surface area contributed by atoms with E-state index in [1.54, 1.807) is 0 Å². The molecule has 0 radical (unpaired) electrons. The van der Waals surface area contributed by atoms with Gasteiger partial charge in [0.2, 0.25) is 0 Å². The number of aryl methyl sites for hydroxylation is 2. The lowest BCUT2D eigenvalue weighted by atomic mass is 9.94. The molecule has 0 heterocycles. The molecule has 1 amide bonds. The summed E-state index contributed by atoms with van der Waals surface area (Å²) in [4.78, 5) is 12.3. The molecular formula is C16H21NO. The predicted octanol–water partition coefficient (Wildman–Crippen LogP) is 3.22. The molecule has 2 saturated carbocycles. The van der Waals surface area contributed by atoms with Gasteiger partial charge in [-0.1, -0.05) is 24.1 Å². The number of nitrogens with one attached hydrogen (secondary N) is 1. The second kappa shape index (κ2) is 4.42. The van der Waals surface area contributed by atoms with E-state index in [2.05, 4.69) is 11.4 Å². The van der Waals surface area contributed by atoms with Crippen molar-refractivity contribution >= 4 is 5.91 Å². The molecule has 2 aliphatic rings. The number of benzene rings is 1. The van der Waals surface area contributed by atoms with Gasteiger partial charge in [-0.2, -0.15) is 0 Å². The van der Waals surface area contributed by atoms with E-state index in [4.69, 9.17) is 0 Å². The Bertz CT molecular complexity index is 480. The van der Waals surface area contributed by atoms with Gasteiger partial charge in [-0.05, 0) is 56.6 Å². The summed E-state index contributed by atoms with van der Waals surface area (Å²) in [7, 11) is 0. The molecule has 2 nitrogen and oxygen atoms in total. The quantitative estimate of drug-likeness (QED) is 0.849. The van der Waals surface area contributed by atoms with Crippen molar-refractivity contribution < 1.29 is 4.79 Å². The molecule has 1 aromatic carbocycles. The van der Waals surface area contributed by atoms with E-state index >= 15 is 0 Å². The first kappa shape index (κ1) is 11.8. The molecule has 0 aliphatic heterocycles. The number of amides is 1. The van der Waals surface area contributed by atoms with Crippen molar-refractivity contribution in [2.24, 2.45) is 11.8 Å². The minimum atomic E-state index is 0.119. The standard InChI is InChI=1S/C16H21NO/c1-10-3-4-11(2)14(7-10)16(18)17-15-9-12-5-6-13(15)8-12/h3-4,7,12-13,15H,5-6,8-9H2,1-2H3,(H,17,18)/t12-,13+,15+/m0/s1. The van der Waals surface area contributed by atoms with Crippen LogP contribution in [0.3, 0.4) is 0 Å². The maximum atomic E-state index is 12.3. The lowest BCUT2D eigenvalue weighted by Crippen LogP contribution is -2.38. The number of carbonyl (C=O) groups excluding carboxylic acids is 1. The van der Waals surface area contributed by atoms with Gasteiger partial charge >= 0.3 is 0 Å². The van der Waals surface area contributed by atoms with Crippen LogP contribution >= 0.6 is 0 Å². The lowest BCUT2D eigenvalue weighted by Gasteiger charge is -2.23. The van der Waals surface area contributed by atoms with Crippen molar-refractivity contribution in [3.63, 3.8) is 0 Å². The van der Waals surface area contributed by atoms with Gasteiger partial charge in [0.25, 0.3) is 5.91 Å². The van der Waals surface area contributed by atoms with Crippen molar-refractivity contribution in [3.05, 3.63) is 34.9 Å². The third-order valence-electron chi connectivity index (χ3n) is 4.69. The van der Waals surface area contributed by atoms with Gasteiger partial charge in [0.05, 0.1) is 0 Å². The first-order valence-corrected chi connectivity index (χ1v) is 7.01. The minimum absolute atomic E-state index is 0.119. The monoisotopic (exact) mass is 243 g/mol. The highest BCUT2D eigenvalue weighted by molar-refractivity contribution is 5.96. The van der Waals surface area contributed by atoms with Crippen LogP contribution in [0.5, 0.6) is 0 Å². The van der Waals surface area contributed by atoms with Crippen LogP contribution in [-0.4, -0.2) is 11.9 Å². The first-order chi connectivity index (χ1) is 8.63. The SMILES string of the molecule is Cc1ccc(C)c(C(=O)N[C@@H]2C[C@H]3CC[C@@H]2C3)c1. The van der Waals surface area contributed by atoms with Crippen LogP contribution in [0.1, 0.15) is 47.2 Å². The van der Waals surface area contributed by atoms with Crippen LogP contribution < -0.4 is 5.32 Å². The molecule has 3 rings (SSSR count). The molecule has 0 aromatic heterocycles. The fourth-order valence-electron chi connectivity index (χ4n) is 3.65. The molecule has 1 aromatic rings. The molecule has 2 fully saturated rings. The summed E-state index contributed by atoms with van der Waals surface area (Å²) >= 11 is 0. The molecule has 96 valence electrons. The summed E-state index contributed by atoms with van der Waals surface area (Å²) in [6.45, 7) is 4.04. The highest BCUT2D eigenvalue weighted by Gasteiger charge is 2.40. The second-order valence-electron chi connectivity index (χ2n) is 6.07. The molecule has 0 unspecified atom stereocenters. The van der Waals surface area contributed by atoms with Crippen LogP contribution in [0.15, 0.2) is 18.2 Å². The lowest BCUT2D eigenvalue weighted by molar-refractivity contribution is 0.0922. The van der Waals surface area contributed by atoms with Gasteiger partial charge in [0.1, 0.15) is 0 Å². The fraction of sp³-hybridized carbons (Fsp3) is 0.562. The highest BCUT2D eigenvalue weighted by Crippen LogP contribution is 2.44. The molecule has 1 N–H and O–H groups in total. The van der Waals surface area contributed by atoms with Gasteiger partial charge in [-0.3, -0.25) is 4.79 Å². The van der Waals surface area contributed by atoms with Gasteiger partial charge in [0, 0.05) is 11.6 Å². The second-order valence-corrected chi connectivity index (χ2v) is 6.07. The molecule has 2 aliphatic carbocycles. The van der Waals surface area contributed by atoms with E-state index in [0.717, 1.165) is 28.5 Å². The summed E-state index contributed by atoms with van der Waals surface area (Å²) < 4.78 is 0. The normalized spacial score (nSPS) is 29.6. The maximum Gasteiger partial charge on any atom is 0.251 e. The zero-order valence-corrected chi connectivity index (χ0v) is 11.2. The predicted molar refractivity (Wildman–Crippen MR) is 72.6 cm³/mol. The molecular weight excluding hydrogens is 222 g/mol. The van der Waals surface area contributed by atoms with Crippen molar-refractivity contribution in [1.29, 1.82) is 0 Å². The topological polar surface area (TPSA) is 29.1 Å². The number of hydrogen-bond acceptors (Lipinski definition) is 1. The Labute approximate surface area is 109 Å². The summed E-state index contributed by atoms with van der Waals surface area (Å²) in [5.74, 6) is 1.73. The molecule has 18 heavy (non-hydrogen) atoms. The van der Waals surface area contributed by atoms with E-state index in [1.165, 1.54) is 25.7 Å². The van der Waals surface area contributed by atoms with Crippen LogP contribution in [0.25, 0.3) is 0 Å². The Morgan fingerprint density at radius 2 is 2.06 bits per heavy atom. The summed E-state index contributed by atoms with van der Waals surface area (Å²) in [6, 6.07) is 6.52. The fourth-order valence-corrected chi connectivity index (χ4v) is 3.65. The third-order valence-corrected chi connectivity index (χ3v) is 4.69. The third kappa shape index (κ3) is 2.05.